The number of nitrogens with one attached hydrogen (secondary N) is 2. The van der Waals surface area contributed by atoms with Crippen molar-refractivity contribution in [2.24, 2.45) is 4.99 Å². The summed E-state index contributed by atoms with van der Waals surface area (Å²) in [7, 11) is 6.11. The van der Waals surface area contributed by atoms with E-state index in [9.17, 15) is 4.39 Å². The van der Waals surface area contributed by atoms with Crippen molar-refractivity contribution in [2.45, 2.75) is 18.9 Å². The topological polar surface area (TPSA) is 42.9 Å². The van der Waals surface area contributed by atoms with E-state index < -0.39 is 0 Å². The average molecular weight is 542 g/mol. The van der Waals surface area contributed by atoms with Crippen molar-refractivity contribution in [3.63, 3.8) is 0 Å². The maximum Gasteiger partial charge on any atom is 0.191 e. The van der Waals surface area contributed by atoms with Crippen LogP contribution in [0.3, 0.4) is 0 Å². The molecule has 0 radical (unpaired) electrons. The minimum absolute atomic E-state index is 0. The van der Waals surface area contributed by atoms with Crippen LogP contribution in [0.4, 0.5) is 4.39 Å². The maximum absolute atomic E-state index is 13.8. The standard InChI is InChI=1S/C18H29BrFN5.HI/c1-21-18(23-12-16-13-24(2)9-10-25(16)3)22-8-4-5-14-6-7-15(19)11-17(14)20;/h6-7,11,16H,4-5,8-10,12-13H2,1-3H3,(H2,21,22,23);1H. The second-order valence-electron chi connectivity index (χ2n) is 6.62. The lowest BCUT2D eigenvalue weighted by atomic mass is 10.1. The molecule has 1 heterocycles. The summed E-state index contributed by atoms with van der Waals surface area (Å²) in [6, 6.07) is 5.71. The number of benzene rings is 1. The largest absolute Gasteiger partial charge is 0.356 e. The summed E-state index contributed by atoms with van der Waals surface area (Å²) in [6.07, 6.45) is 1.56. The Hall–Kier alpha value is -0.450. The number of halogens is 3. The first-order valence-corrected chi connectivity index (χ1v) is 9.56. The summed E-state index contributed by atoms with van der Waals surface area (Å²) >= 11 is 3.28. The lowest BCUT2D eigenvalue weighted by molar-refractivity contribution is 0.116. The number of hydrogen-bond acceptors (Lipinski definition) is 3. The Labute approximate surface area is 181 Å². The van der Waals surface area contributed by atoms with E-state index >= 15 is 0 Å². The highest BCUT2D eigenvalue weighted by molar-refractivity contribution is 14.0. The van der Waals surface area contributed by atoms with Crippen molar-refractivity contribution in [3.05, 3.63) is 34.1 Å². The van der Waals surface area contributed by atoms with Crippen LogP contribution in [0.25, 0.3) is 0 Å². The summed E-state index contributed by atoms with van der Waals surface area (Å²) in [4.78, 5) is 9.01. The molecule has 8 heteroatoms. The fraction of sp³-hybridized carbons (Fsp3) is 0.611. The fourth-order valence-corrected chi connectivity index (χ4v) is 3.30. The van der Waals surface area contributed by atoms with Crippen molar-refractivity contribution >= 4 is 45.9 Å². The van der Waals surface area contributed by atoms with Crippen LogP contribution in [0.15, 0.2) is 27.7 Å². The van der Waals surface area contributed by atoms with E-state index in [4.69, 9.17) is 0 Å². The number of aryl methyl sites for hydroxylation is 1. The number of likely N-dealkylation sites (N-methyl/N-ethyl adjacent to an activating group) is 2. The zero-order valence-corrected chi connectivity index (χ0v) is 19.7. The molecule has 1 aromatic carbocycles. The van der Waals surface area contributed by atoms with Gasteiger partial charge in [-0.05, 0) is 44.6 Å². The van der Waals surface area contributed by atoms with E-state index in [1.807, 2.05) is 12.1 Å². The molecule has 148 valence electrons. The summed E-state index contributed by atoms with van der Waals surface area (Å²) in [6.45, 7) is 4.89. The molecule has 1 aromatic rings. The number of hydrogen-bond donors (Lipinski definition) is 2. The third-order valence-electron chi connectivity index (χ3n) is 4.64. The van der Waals surface area contributed by atoms with Gasteiger partial charge < -0.3 is 15.5 Å². The molecule has 0 aliphatic carbocycles. The Bertz CT molecular complexity index is 587. The third kappa shape index (κ3) is 7.66. The van der Waals surface area contributed by atoms with E-state index in [-0.39, 0.29) is 29.8 Å². The SMILES string of the molecule is CN=C(NCCCc1ccc(Br)cc1F)NCC1CN(C)CCN1C.I. The van der Waals surface area contributed by atoms with Gasteiger partial charge in [0.25, 0.3) is 0 Å². The molecule has 2 N–H and O–H groups in total. The van der Waals surface area contributed by atoms with Crippen LogP contribution >= 0.6 is 39.9 Å². The van der Waals surface area contributed by atoms with Crippen molar-refractivity contribution in [1.29, 1.82) is 0 Å². The lowest BCUT2D eigenvalue weighted by Gasteiger charge is -2.37. The monoisotopic (exact) mass is 541 g/mol. The number of guanidine groups is 1. The summed E-state index contributed by atoms with van der Waals surface area (Å²) in [5.41, 5.74) is 0.750. The Kier molecular flexibility index (Phi) is 11.0. The molecule has 1 saturated heterocycles. The van der Waals surface area contributed by atoms with E-state index in [2.05, 4.69) is 55.5 Å². The van der Waals surface area contributed by atoms with Gasteiger partial charge in [-0.2, -0.15) is 0 Å². The van der Waals surface area contributed by atoms with Gasteiger partial charge in [0.1, 0.15) is 5.82 Å². The molecule has 0 saturated carbocycles. The predicted molar refractivity (Wildman–Crippen MR) is 121 cm³/mol. The molecule has 0 bridgehead atoms. The second kappa shape index (κ2) is 12.1. The highest BCUT2D eigenvalue weighted by Crippen LogP contribution is 2.16. The minimum Gasteiger partial charge on any atom is -0.356 e. The maximum atomic E-state index is 13.8. The Morgan fingerprint density at radius 1 is 1.31 bits per heavy atom. The number of piperazine rings is 1. The molecule has 1 atom stereocenters. The number of aliphatic imine (C=N–C) groups is 1. The first-order valence-electron chi connectivity index (χ1n) is 8.77. The smallest absolute Gasteiger partial charge is 0.191 e. The van der Waals surface area contributed by atoms with Crippen molar-refractivity contribution in [2.75, 3.05) is 53.9 Å². The zero-order chi connectivity index (χ0) is 18.2. The molecule has 0 amide bonds. The molecule has 5 nitrogen and oxygen atoms in total. The number of nitrogens with zero attached hydrogens (tertiary/aromatic N) is 3. The molecule has 1 unspecified atom stereocenters. The van der Waals surface area contributed by atoms with Gasteiger partial charge in [0, 0.05) is 50.3 Å². The van der Waals surface area contributed by atoms with Gasteiger partial charge in [0.05, 0.1) is 0 Å². The van der Waals surface area contributed by atoms with Crippen molar-refractivity contribution in [3.8, 4) is 0 Å². The fourth-order valence-electron chi connectivity index (χ4n) is 2.97. The normalized spacial score (nSPS) is 19.1. The minimum atomic E-state index is -0.152. The highest BCUT2D eigenvalue weighted by Gasteiger charge is 2.21. The first kappa shape index (κ1) is 23.6. The van der Waals surface area contributed by atoms with Gasteiger partial charge in [0.2, 0.25) is 0 Å². The van der Waals surface area contributed by atoms with E-state index in [1.54, 1.807) is 7.05 Å². The van der Waals surface area contributed by atoms with Gasteiger partial charge in [-0.1, -0.05) is 22.0 Å². The molecule has 1 aliphatic heterocycles. The van der Waals surface area contributed by atoms with Crippen LogP contribution in [-0.2, 0) is 6.42 Å². The summed E-state index contributed by atoms with van der Waals surface area (Å²) in [5.74, 6) is 0.652. The lowest BCUT2D eigenvalue weighted by Crippen LogP contribution is -2.55. The third-order valence-corrected chi connectivity index (χ3v) is 5.13. The molecule has 1 fully saturated rings. The molecular weight excluding hydrogens is 512 g/mol. The van der Waals surface area contributed by atoms with Crippen LogP contribution in [0.1, 0.15) is 12.0 Å². The van der Waals surface area contributed by atoms with Gasteiger partial charge in [-0.3, -0.25) is 9.89 Å². The number of rotatable bonds is 6. The molecule has 26 heavy (non-hydrogen) atoms. The van der Waals surface area contributed by atoms with Gasteiger partial charge in [-0.15, -0.1) is 24.0 Å². The van der Waals surface area contributed by atoms with Crippen LogP contribution in [0.2, 0.25) is 0 Å². The van der Waals surface area contributed by atoms with E-state index in [1.165, 1.54) is 6.07 Å². The highest BCUT2D eigenvalue weighted by atomic mass is 127. The van der Waals surface area contributed by atoms with Crippen LogP contribution in [0, 0.1) is 5.82 Å². The van der Waals surface area contributed by atoms with Crippen molar-refractivity contribution < 1.29 is 4.39 Å². The Morgan fingerprint density at radius 2 is 2.08 bits per heavy atom. The molecular formula is C18H30BrFIN5. The predicted octanol–water partition coefficient (Wildman–Crippen LogP) is 2.55. The van der Waals surface area contributed by atoms with Crippen molar-refractivity contribution in [1.82, 2.24) is 20.4 Å². The van der Waals surface area contributed by atoms with Crippen LogP contribution in [-0.4, -0.2) is 75.7 Å². The first-order chi connectivity index (χ1) is 12.0. The summed E-state index contributed by atoms with van der Waals surface area (Å²) < 4.78 is 14.6. The van der Waals surface area contributed by atoms with Gasteiger partial charge in [0.15, 0.2) is 5.96 Å². The second-order valence-corrected chi connectivity index (χ2v) is 7.53. The average Bonchev–Trinajstić information content (AvgIpc) is 2.58. The summed E-state index contributed by atoms with van der Waals surface area (Å²) in [5, 5.41) is 6.71. The van der Waals surface area contributed by atoms with Crippen LogP contribution in [0.5, 0.6) is 0 Å². The Balaban J connectivity index is 0.00000338. The molecule has 1 aliphatic rings. The Morgan fingerprint density at radius 3 is 2.77 bits per heavy atom. The van der Waals surface area contributed by atoms with Gasteiger partial charge in [-0.25, -0.2) is 4.39 Å². The quantitative estimate of drug-likeness (QED) is 0.251. The molecule has 0 spiro atoms. The van der Waals surface area contributed by atoms with E-state index in [0.717, 1.165) is 55.1 Å². The zero-order valence-electron chi connectivity index (χ0n) is 15.8. The molecule has 2 rings (SSSR count). The molecule has 0 aromatic heterocycles. The van der Waals surface area contributed by atoms with Gasteiger partial charge >= 0.3 is 0 Å². The van der Waals surface area contributed by atoms with E-state index in [0.29, 0.717) is 12.5 Å². The van der Waals surface area contributed by atoms with Crippen LogP contribution < -0.4 is 10.6 Å².